The highest BCUT2D eigenvalue weighted by molar-refractivity contribution is 6.32. The van der Waals surface area contributed by atoms with Crippen molar-refractivity contribution < 1.29 is 19.1 Å². The second-order valence-corrected chi connectivity index (χ2v) is 5.15. The van der Waals surface area contributed by atoms with Gasteiger partial charge in [0, 0.05) is 13.1 Å². The number of likely N-dealkylation sites (N-methyl/N-ethyl adjacent to an activating group) is 1. The van der Waals surface area contributed by atoms with Crippen LogP contribution in [-0.4, -0.2) is 43.1 Å². The maximum atomic E-state index is 11.9. The zero-order valence-electron chi connectivity index (χ0n) is 12.8. The third-order valence-electron chi connectivity index (χ3n) is 2.73. The fourth-order valence-electron chi connectivity index (χ4n) is 1.68. The second-order valence-electron chi connectivity index (χ2n) is 4.74. The van der Waals surface area contributed by atoms with Crippen molar-refractivity contribution in [2.75, 3.05) is 26.3 Å². The lowest BCUT2D eigenvalue weighted by Crippen LogP contribution is -2.36. The Morgan fingerprint density at radius 3 is 2.55 bits per heavy atom. The van der Waals surface area contributed by atoms with Gasteiger partial charge in [-0.05, 0) is 26.0 Å². The topological polar surface area (TPSA) is 55.8 Å². The Kier molecular flexibility index (Phi) is 7.46. The first-order chi connectivity index (χ1) is 10.4. The number of carbonyl (C=O) groups excluding carboxylic acids is 2. The van der Waals surface area contributed by atoms with Crippen molar-refractivity contribution in [3.05, 3.63) is 41.4 Å². The fourth-order valence-corrected chi connectivity index (χ4v) is 1.87. The van der Waals surface area contributed by atoms with Gasteiger partial charge in [-0.1, -0.05) is 35.9 Å². The van der Waals surface area contributed by atoms with Crippen molar-refractivity contribution in [2.45, 2.75) is 13.8 Å². The first kappa shape index (κ1) is 18.0. The summed E-state index contributed by atoms with van der Waals surface area (Å²) in [6, 6.07) is 6.80. The summed E-state index contributed by atoms with van der Waals surface area (Å²) in [4.78, 5) is 25.0. The molecule has 0 aromatic heterocycles. The molecule has 0 bridgehead atoms. The number of halogens is 1. The first-order valence-corrected chi connectivity index (χ1v) is 7.27. The van der Waals surface area contributed by atoms with Crippen LogP contribution >= 0.6 is 11.6 Å². The van der Waals surface area contributed by atoms with Crippen molar-refractivity contribution in [1.82, 2.24) is 4.90 Å². The molecule has 0 fully saturated rings. The molecule has 1 aromatic rings. The van der Waals surface area contributed by atoms with Crippen LogP contribution in [0.25, 0.3) is 0 Å². The van der Waals surface area contributed by atoms with Crippen LogP contribution in [0.15, 0.2) is 36.4 Å². The van der Waals surface area contributed by atoms with Gasteiger partial charge in [0.1, 0.15) is 5.75 Å². The number of hydrogen-bond acceptors (Lipinski definition) is 4. The van der Waals surface area contributed by atoms with Crippen molar-refractivity contribution in [1.29, 1.82) is 0 Å². The molecule has 0 atom stereocenters. The molecule has 0 saturated carbocycles. The van der Waals surface area contributed by atoms with Crippen molar-refractivity contribution in [3.63, 3.8) is 0 Å². The predicted molar refractivity (Wildman–Crippen MR) is 85.0 cm³/mol. The molecule has 0 aliphatic rings. The van der Waals surface area contributed by atoms with E-state index in [2.05, 4.69) is 6.58 Å². The summed E-state index contributed by atoms with van der Waals surface area (Å²) >= 11 is 5.90. The average Bonchev–Trinajstić information content (AvgIpc) is 2.49. The van der Waals surface area contributed by atoms with Crippen LogP contribution in [0.4, 0.5) is 0 Å². The lowest BCUT2D eigenvalue weighted by molar-refractivity contribution is -0.153. The molecule has 0 unspecified atom stereocenters. The number of hydrogen-bond donors (Lipinski definition) is 0. The van der Waals surface area contributed by atoms with Crippen LogP contribution in [0.3, 0.4) is 0 Å². The number of carbonyl (C=O) groups is 2. The van der Waals surface area contributed by atoms with Crippen LogP contribution in [0.5, 0.6) is 5.75 Å². The molecule has 0 aliphatic heterocycles. The zero-order valence-corrected chi connectivity index (χ0v) is 13.6. The van der Waals surface area contributed by atoms with E-state index in [1.807, 2.05) is 13.8 Å². The first-order valence-electron chi connectivity index (χ1n) is 6.89. The molecule has 1 rings (SSSR count). The Hall–Kier alpha value is -2.01. The van der Waals surface area contributed by atoms with E-state index < -0.39 is 5.97 Å². The molecule has 6 heteroatoms. The molecular weight excluding hydrogens is 306 g/mol. The monoisotopic (exact) mass is 325 g/mol. The van der Waals surface area contributed by atoms with E-state index in [9.17, 15) is 9.59 Å². The van der Waals surface area contributed by atoms with Gasteiger partial charge in [0.15, 0.2) is 13.2 Å². The molecule has 1 amide bonds. The molecule has 0 radical (unpaired) electrons. The minimum Gasteiger partial charge on any atom is -0.480 e. The van der Waals surface area contributed by atoms with Crippen LogP contribution in [0, 0.1) is 0 Å². The molecule has 0 aliphatic carbocycles. The van der Waals surface area contributed by atoms with Crippen molar-refractivity contribution >= 4 is 23.5 Å². The lowest BCUT2D eigenvalue weighted by atomic mass is 10.3. The van der Waals surface area contributed by atoms with Crippen LogP contribution < -0.4 is 4.74 Å². The van der Waals surface area contributed by atoms with Gasteiger partial charge in [0.2, 0.25) is 0 Å². The SMILES string of the molecule is C=C(C)CN(CC)C(=O)COC(=O)COc1ccccc1Cl. The van der Waals surface area contributed by atoms with Crippen LogP contribution in [0.1, 0.15) is 13.8 Å². The molecule has 0 heterocycles. The highest BCUT2D eigenvalue weighted by Gasteiger charge is 2.14. The summed E-state index contributed by atoms with van der Waals surface area (Å²) in [5, 5.41) is 0.407. The summed E-state index contributed by atoms with van der Waals surface area (Å²) in [7, 11) is 0. The molecule has 0 spiro atoms. The number of benzene rings is 1. The predicted octanol–water partition coefficient (Wildman–Crippen LogP) is 2.69. The zero-order chi connectivity index (χ0) is 16.5. The maximum absolute atomic E-state index is 11.9. The van der Waals surface area contributed by atoms with E-state index in [1.165, 1.54) is 0 Å². The quantitative estimate of drug-likeness (QED) is 0.544. The standard InChI is InChI=1S/C16H20ClNO4/c1-4-18(9-12(2)3)15(19)10-22-16(20)11-21-14-8-6-5-7-13(14)17/h5-8H,2,4,9-11H2,1,3H3. The van der Waals surface area contributed by atoms with E-state index in [1.54, 1.807) is 29.2 Å². The van der Waals surface area contributed by atoms with E-state index in [-0.39, 0.29) is 19.1 Å². The van der Waals surface area contributed by atoms with Crippen molar-refractivity contribution in [3.8, 4) is 5.75 Å². The summed E-state index contributed by atoms with van der Waals surface area (Å²) in [6.45, 7) is 7.80. The third kappa shape index (κ3) is 6.18. The maximum Gasteiger partial charge on any atom is 0.344 e. The van der Waals surface area contributed by atoms with Gasteiger partial charge in [-0.3, -0.25) is 4.79 Å². The van der Waals surface area contributed by atoms with Gasteiger partial charge in [0.25, 0.3) is 5.91 Å². The van der Waals surface area contributed by atoms with Gasteiger partial charge in [-0.15, -0.1) is 0 Å². The summed E-state index contributed by atoms with van der Waals surface area (Å²) in [5.74, 6) is -0.499. The minimum atomic E-state index is -0.625. The molecule has 22 heavy (non-hydrogen) atoms. The lowest BCUT2D eigenvalue weighted by Gasteiger charge is -2.20. The number of para-hydroxylation sites is 1. The highest BCUT2D eigenvalue weighted by Crippen LogP contribution is 2.22. The number of amides is 1. The van der Waals surface area contributed by atoms with Crippen LogP contribution in [0.2, 0.25) is 5.02 Å². The Bertz CT molecular complexity index is 545. The van der Waals surface area contributed by atoms with Gasteiger partial charge >= 0.3 is 5.97 Å². The van der Waals surface area contributed by atoms with Crippen LogP contribution in [-0.2, 0) is 14.3 Å². The summed E-state index contributed by atoms with van der Waals surface area (Å²) in [6.07, 6.45) is 0. The largest absolute Gasteiger partial charge is 0.480 e. The molecular formula is C16H20ClNO4. The molecule has 1 aromatic carbocycles. The van der Waals surface area contributed by atoms with Gasteiger partial charge < -0.3 is 14.4 Å². The van der Waals surface area contributed by atoms with E-state index >= 15 is 0 Å². The third-order valence-corrected chi connectivity index (χ3v) is 3.05. The highest BCUT2D eigenvalue weighted by atomic mass is 35.5. The fraction of sp³-hybridized carbons (Fsp3) is 0.375. The van der Waals surface area contributed by atoms with E-state index in [4.69, 9.17) is 21.1 Å². The van der Waals surface area contributed by atoms with Gasteiger partial charge in [0.05, 0.1) is 5.02 Å². The minimum absolute atomic E-state index is 0.267. The molecule has 5 nitrogen and oxygen atoms in total. The number of esters is 1. The number of ether oxygens (including phenoxy) is 2. The van der Waals surface area contributed by atoms with E-state index in [0.29, 0.717) is 23.9 Å². The summed E-state index contributed by atoms with van der Waals surface area (Å²) < 4.78 is 10.1. The Labute approximate surface area is 135 Å². The number of nitrogens with zero attached hydrogens (tertiary/aromatic N) is 1. The normalized spacial score (nSPS) is 9.95. The Balaban J connectivity index is 2.38. The van der Waals surface area contributed by atoms with Gasteiger partial charge in [-0.25, -0.2) is 4.79 Å². The summed E-state index contributed by atoms with van der Waals surface area (Å²) in [5.41, 5.74) is 0.864. The molecule has 0 saturated heterocycles. The Morgan fingerprint density at radius 1 is 1.27 bits per heavy atom. The Morgan fingerprint density at radius 2 is 1.95 bits per heavy atom. The second kappa shape index (κ2) is 9.10. The smallest absolute Gasteiger partial charge is 0.344 e. The van der Waals surface area contributed by atoms with Crippen molar-refractivity contribution in [2.24, 2.45) is 0 Å². The molecule has 0 N–H and O–H groups in total. The number of rotatable bonds is 8. The molecule has 120 valence electrons. The average molecular weight is 326 g/mol. The van der Waals surface area contributed by atoms with Gasteiger partial charge in [-0.2, -0.15) is 0 Å². The van der Waals surface area contributed by atoms with E-state index in [0.717, 1.165) is 5.57 Å².